The van der Waals surface area contributed by atoms with Crippen LogP contribution in [-0.2, 0) is 4.74 Å². The second-order valence-electron chi connectivity index (χ2n) is 6.69. The van der Waals surface area contributed by atoms with Gasteiger partial charge in [0.1, 0.15) is 0 Å². The van der Waals surface area contributed by atoms with Gasteiger partial charge in [-0.1, -0.05) is 6.92 Å². The molecular weight excluding hydrogens is 250 g/mol. The molecule has 4 heteroatoms. The number of nitrogens with zero attached hydrogens (tertiary/aromatic N) is 2. The van der Waals surface area contributed by atoms with E-state index in [1.54, 1.807) is 0 Å². The Morgan fingerprint density at radius 1 is 1.35 bits per heavy atom. The molecular formula is C16H33N3O. The molecule has 0 amide bonds. The van der Waals surface area contributed by atoms with Crippen LogP contribution in [0, 0.1) is 0 Å². The highest BCUT2D eigenvalue weighted by Gasteiger charge is 2.40. The molecule has 2 fully saturated rings. The number of nitrogens with two attached hydrogens (primary N) is 1. The van der Waals surface area contributed by atoms with Gasteiger partial charge >= 0.3 is 0 Å². The van der Waals surface area contributed by atoms with Crippen molar-refractivity contribution in [3.8, 4) is 0 Å². The van der Waals surface area contributed by atoms with E-state index in [0.29, 0.717) is 6.10 Å². The molecule has 1 heterocycles. The number of likely N-dealkylation sites (N-methyl/N-ethyl adjacent to an activating group) is 2. The highest BCUT2D eigenvalue weighted by molar-refractivity contribution is 4.97. The molecule has 4 nitrogen and oxygen atoms in total. The summed E-state index contributed by atoms with van der Waals surface area (Å²) >= 11 is 0. The Bertz CT molecular complexity index is 299. The molecule has 2 N–H and O–H groups in total. The van der Waals surface area contributed by atoms with Crippen molar-refractivity contribution in [2.75, 3.05) is 40.3 Å². The summed E-state index contributed by atoms with van der Waals surface area (Å²) in [5, 5.41) is 0. The van der Waals surface area contributed by atoms with E-state index in [9.17, 15) is 0 Å². The van der Waals surface area contributed by atoms with E-state index in [1.165, 1.54) is 45.2 Å². The standard InChI is InChI=1S/C16H33N3O/c1-4-19-10-6-7-14(19)12-18(2)16(13-17)9-5-8-15(11-16)20-3/h14-15H,4-13,17H2,1-3H3. The lowest BCUT2D eigenvalue weighted by molar-refractivity contribution is -0.0185. The number of hydrogen-bond donors (Lipinski definition) is 1. The summed E-state index contributed by atoms with van der Waals surface area (Å²) in [7, 11) is 4.12. The Balaban J connectivity index is 1.99. The normalized spacial score (nSPS) is 35.9. The lowest BCUT2D eigenvalue weighted by atomic mass is 9.78. The molecule has 0 aromatic carbocycles. The van der Waals surface area contributed by atoms with Crippen molar-refractivity contribution in [2.45, 2.75) is 63.1 Å². The predicted octanol–water partition coefficient (Wildman–Crippen LogP) is 1.69. The maximum Gasteiger partial charge on any atom is 0.0589 e. The minimum absolute atomic E-state index is 0.154. The number of likely N-dealkylation sites (tertiary alicyclic amines) is 1. The van der Waals surface area contributed by atoms with Crippen LogP contribution >= 0.6 is 0 Å². The monoisotopic (exact) mass is 283 g/mol. The third-order valence-corrected chi connectivity index (χ3v) is 5.69. The van der Waals surface area contributed by atoms with Crippen molar-refractivity contribution in [1.82, 2.24) is 9.80 Å². The van der Waals surface area contributed by atoms with Gasteiger partial charge in [0.25, 0.3) is 0 Å². The molecule has 1 saturated heterocycles. The average Bonchev–Trinajstić information content (AvgIpc) is 2.94. The van der Waals surface area contributed by atoms with Gasteiger partial charge in [-0.3, -0.25) is 9.80 Å². The van der Waals surface area contributed by atoms with Crippen LogP contribution in [-0.4, -0.2) is 67.8 Å². The van der Waals surface area contributed by atoms with Crippen molar-refractivity contribution in [3.05, 3.63) is 0 Å². The molecule has 1 aliphatic heterocycles. The average molecular weight is 283 g/mol. The quantitative estimate of drug-likeness (QED) is 0.805. The van der Waals surface area contributed by atoms with E-state index in [1.807, 2.05) is 7.11 Å². The first-order valence-corrected chi connectivity index (χ1v) is 8.33. The van der Waals surface area contributed by atoms with E-state index >= 15 is 0 Å². The van der Waals surface area contributed by atoms with Gasteiger partial charge < -0.3 is 10.5 Å². The van der Waals surface area contributed by atoms with Crippen LogP contribution in [0.15, 0.2) is 0 Å². The molecule has 2 aliphatic rings. The van der Waals surface area contributed by atoms with Gasteiger partial charge in [0.15, 0.2) is 0 Å². The van der Waals surface area contributed by atoms with E-state index < -0.39 is 0 Å². The molecule has 0 aromatic heterocycles. The zero-order chi connectivity index (χ0) is 14.6. The number of rotatable bonds is 6. The SMILES string of the molecule is CCN1CCCC1CN(C)C1(CN)CCCC(OC)C1. The molecule has 0 radical (unpaired) electrons. The fourth-order valence-corrected chi connectivity index (χ4v) is 4.20. The summed E-state index contributed by atoms with van der Waals surface area (Å²) in [6.45, 7) is 6.63. The van der Waals surface area contributed by atoms with Crippen LogP contribution in [0.2, 0.25) is 0 Å². The van der Waals surface area contributed by atoms with Gasteiger partial charge in [0.05, 0.1) is 6.10 Å². The third-order valence-electron chi connectivity index (χ3n) is 5.69. The van der Waals surface area contributed by atoms with Gasteiger partial charge in [0, 0.05) is 31.8 Å². The summed E-state index contributed by atoms with van der Waals surface area (Å²) in [4.78, 5) is 5.17. The first kappa shape index (κ1) is 16.2. The fourth-order valence-electron chi connectivity index (χ4n) is 4.20. The fraction of sp³-hybridized carbons (Fsp3) is 1.00. The van der Waals surface area contributed by atoms with Crippen LogP contribution in [0.5, 0.6) is 0 Å². The summed E-state index contributed by atoms with van der Waals surface area (Å²) in [6.07, 6.45) is 7.82. The molecule has 3 unspecified atom stereocenters. The van der Waals surface area contributed by atoms with Crippen molar-refractivity contribution < 1.29 is 4.74 Å². The lowest BCUT2D eigenvalue weighted by Gasteiger charge is -2.47. The Kier molecular flexibility index (Phi) is 5.84. The smallest absolute Gasteiger partial charge is 0.0589 e. The van der Waals surface area contributed by atoms with Crippen LogP contribution < -0.4 is 5.73 Å². The zero-order valence-corrected chi connectivity index (χ0v) is 13.6. The molecule has 20 heavy (non-hydrogen) atoms. The van der Waals surface area contributed by atoms with Crippen LogP contribution in [0.1, 0.15) is 45.4 Å². The Labute approximate surface area is 124 Å². The first-order valence-electron chi connectivity index (χ1n) is 8.33. The second kappa shape index (κ2) is 7.21. The van der Waals surface area contributed by atoms with E-state index in [0.717, 1.165) is 25.6 Å². The third kappa shape index (κ3) is 3.35. The maximum absolute atomic E-state index is 6.19. The number of methoxy groups -OCH3 is 1. The van der Waals surface area contributed by atoms with Crippen molar-refractivity contribution in [2.24, 2.45) is 5.73 Å². The zero-order valence-electron chi connectivity index (χ0n) is 13.6. The maximum atomic E-state index is 6.19. The molecule has 1 aliphatic carbocycles. The summed E-state index contributed by atoms with van der Waals surface area (Å²) in [6, 6.07) is 0.719. The topological polar surface area (TPSA) is 41.7 Å². The minimum atomic E-state index is 0.154. The van der Waals surface area contributed by atoms with E-state index in [-0.39, 0.29) is 5.54 Å². The van der Waals surface area contributed by atoms with Gasteiger partial charge in [0.2, 0.25) is 0 Å². The second-order valence-corrected chi connectivity index (χ2v) is 6.69. The largest absolute Gasteiger partial charge is 0.381 e. The number of ether oxygens (including phenoxy) is 1. The van der Waals surface area contributed by atoms with E-state index in [4.69, 9.17) is 10.5 Å². The van der Waals surface area contributed by atoms with Crippen LogP contribution in [0.3, 0.4) is 0 Å². The van der Waals surface area contributed by atoms with Crippen molar-refractivity contribution >= 4 is 0 Å². The first-order chi connectivity index (χ1) is 9.65. The minimum Gasteiger partial charge on any atom is -0.381 e. The van der Waals surface area contributed by atoms with Crippen LogP contribution in [0.4, 0.5) is 0 Å². The Morgan fingerprint density at radius 3 is 2.80 bits per heavy atom. The Morgan fingerprint density at radius 2 is 2.15 bits per heavy atom. The van der Waals surface area contributed by atoms with Crippen molar-refractivity contribution in [1.29, 1.82) is 0 Å². The molecule has 3 atom stereocenters. The van der Waals surface area contributed by atoms with E-state index in [2.05, 4.69) is 23.8 Å². The summed E-state index contributed by atoms with van der Waals surface area (Å²) in [5.41, 5.74) is 6.34. The molecule has 1 saturated carbocycles. The van der Waals surface area contributed by atoms with Crippen LogP contribution in [0.25, 0.3) is 0 Å². The highest BCUT2D eigenvalue weighted by Crippen LogP contribution is 2.34. The predicted molar refractivity (Wildman–Crippen MR) is 83.9 cm³/mol. The Hall–Kier alpha value is -0.160. The van der Waals surface area contributed by atoms with Gasteiger partial charge in [-0.05, 0) is 58.7 Å². The molecule has 0 aromatic rings. The highest BCUT2D eigenvalue weighted by atomic mass is 16.5. The summed E-state index contributed by atoms with van der Waals surface area (Å²) < 4.78 is 5.62. The lowest BCUT2D eigenvalue weighted by Crippen LogP contribution is -2.58. The summed E-state index contributed by atoms with van der Waals surface area (Å²) in [5.74, 6) is 0. The van der Waals surface area contributed by atoms with Gasteiger partial charge in [-0.25, -0.2) is 0 Å². The molecule has 0 spiro atoms. The molecule has 2 rings (SSSR count). The number of hydrogen-bond acceptors (Lipinski definition) is 4. The molecule has 0 bridgehead atoms. The van der Waals surface area contributed by atoms with Crippen molar-refractivity contribution in [3.63, 3.8) is 0 Å². The molecule has 118 valence electrons. The van der Waals surface area contributed by atoms with Gasteiger partial charge in [-0.2, -0.15) is 0 Å². The van der Waals surface area contributed by atoms with Gasteiger partial charge in [-0.15, -0.1) is 0 Å².